The summed E-state index contributed by atoms with van der Waals surface area (Å²) in [4.78, 5) is 12.7. The number of carbonyl (C=O) groups is 1. The van der Waals surface area contributed by atoms with Crippen LogP contribution in [0.4, 0.5) is 0 Å². The molecule has 0 atom stereocenters. The van der Waals surface area contributed by atoms with Gasteiger partial charge in [0.15, 0.2) is 5.11 Å². The lowest BCUT2D eigenvalue weighted by Crippen LogP contribution is -2.37. The largest absolute Gasteiger partial charge is 0.358 e. The Morgan fingerprint density at radius 3 is 2.70 bits per heavy atom. The summed E-state index contributed by atoms with van der Waals surface area (Å²) in [6, 6.07) is 13.8. The summed E-state index contributed by atoms with van der Waals surface area (Å²) in [5.41, 5.74) is 1.11. The van der Waals surface area contributed by atoms with Crippen LogP contribution in [0.2, 0.25) is 0 Å². The van der Waals surface area contributed by atoms with Crippen molar-refractivity contribution in [2.24, 2.45) is 0 Å². The van der Waals surface area contributed by atoms with Gasteiger partial charge in [0.2, 0.25) is 5.91 Å². The number of thiocarbonyl (C=S) groups is 1. The van der Waals surface area contributed by atoms with Crippen LogP contribution in [0.15, 0.2) is 53.9 Å². The van der Waals surface area contributed by atoms with E-state index in [1.165, 1.54) is 6.08 Å². The van der Waals surface area contributed by atoms with E-state index >= 15 is 0 Å². The Labute approximate surface area is 127 Å². The molecule has 1 aromatic heterocycles. The lowest BCUT2D eigenvalue weighted by atomic mass is 10.2. The van der Waals surface area contributed by atoms with Crippen LogP contribution in [0, 0.1) is 0 Å². The molecule has 0 spiro atoms. The summed E-state index contributed by atoms with van der Waals surface area (Å²) in [5, 5.41) is 7.89. The van der Waals surface area contributed by atoms with E-state index in [9.17, 15) is 4.79 Å². The molecule has 0 aliphatic rings. The predicted octanol–water partition coefficient (Wildman–Crippen LogP) is 2.95. The van der Waals surface area contributed by atoms with Crippen molar-refractivity contribution < 1.29 is 4.79 Å². The van der Waals surface area contributed by atoms with Crippen LogP contribution in [-0.4, -0.2) is 11.0 Å². The zero-order valence-corrected chi connectivity index (χ0v) is 12.3. The van der Waals surface area contributed by atoms with Gasteiger partial charge in [-0.25, -0.2) is 0 Å². The second kappa shape index (κ2) is 7.57. The minimum absolute atomic E-state index is 0.232. The van der Waals surface area contributed by atoms with Gasteiger partial charge in [0.1, 0.15) is 0 Å². The second-order valence-corrected chi connectivity index (χ2v) is 5.39. The van der Waals surface area contributed by atoms with E-state index in [1.807, 2.05) is 47.8 Å². The highest BCUT2D eigenvalue weighted by molar-refractivity contribution is 7.80. The van der Waals surface area contributed by atoms with Crippen molar-refractivity contribution in [3.63, 3.8) is 0 Å². The van der Waals surface area contributed by atoms with E-state index in [0.29, 0.717) is 11.7 Å². The maximum atomic E-state index is 11.6. The van der Waals surface area contributed by atoms with Crippen LogP contribution >= 0.6 is 23.6 Å². The van der Waals surface area contributed by atoms with Gasteiger partial charge in [-0.3, -0.25) is 10.1 Å². The quantitative estimate of drug-likeness (QED) is 0.674. The number of hydrogen-bond acceptors (Lipinski definition) is 3. The third-order valence-electron chi connectivity index (χ3n) is 2.47. The fraction of sp³-hybridized carbons (Fsp3) is 0.0667. The molecule has 20 heavy (non-hydrogen) atoms. The maximum Gasteiger partial charge on any atom is 0.250 e. The Morgan fingerprint density at radius 2 is 2.00 bits per heavy atom. The maximum absolute atomic E-state index is 11.6. The van der Waals surface area contributed by atoms with Crippen molar-refractivity contribution in [3.8, 4) is 0 Å². The summed E-state index contributed by atoms with van der Waals surface area (Å²) < 4.78 is 0. The fourth-order valence-electron chi connectivity index (χ4n) is 1.52. The molecule has 0 unspecified atom stereocenters. The van der Waals surface area contributed by atoms with Gasteiger partial charge in [0, 0.05) is 17.5 Å². The predicted molar refractivity (Wildman–Crippen MR) is 87.4 cm³/mol. The van der Waals surface area contributed by atoms with Crippen molar-refractivity contribution in [1.82, 2.24) is 10.6 Å². The lowest BCUT2D eigenvalue weighted by Gasteiger charge is -2.07. The van der Waals surface area contributed by atoms with Gasteiger partial charge in [-0.2, -0.15) is 0 Å². The topological polar surface area (TPSA) is 41.1 Å². The highest BCUT2D eigenvalue weighted by Gasteiger charge is 2.00. The summed E-state index contributed by atoms with van der Waals surface area (Å²) in [7, 11) is 0. The standard InChI is InChI=1S/C15H14N2OS2/c18-14(9-8-13-7-4-10-20-13)17-15(19)16-11-12-5-2-1-3-6-12/h1-10H,11H2,(H2,16,17,18,19). The Bertz CT molecular complexity index is 592. The number of thiophene rings is 1. The molecule has 1 heterocycles. The smallest absolute Gasteiger partial charge is 0.250 e. The van der Waals surface area contributed by atoms with E-state index < -0.39 is 0 Å². The SMILES string of the molecule is O=C(C=Cc1cccs1)NC(=S)NCc1ccccc1. The van der Waals surface area contributed by atoms with Crippen LogP contribution in [0.3, 0.4) is 0 Å². The minimum Gasteiger partial charge on any atom is -0.358 e. The molecule has 2 rings (SSSR count). The molecule has 1 amide bonds. The molecule has 2 aromatic rings. The van der Waals surface area contributed by atoms with Gasteiger partial charge >= 0.3 is 0 Å². The molecule has 0 aliphatic heterocycles. The van der Waals surface area contributed by atoms with Crippen molar-refractivity contribution in [2.75, 3.05) is 0 Å². The first-order valence-corrected chi connectivity index (χ1v) is 7.37. The zero-order valence-electron chi connectivity index (χ0n) is 10.7. The van der Waals surface area contributed by atoms with E-state index in [0.717, 1.165) is 10.4 Å². The van der Waals surface area contributed by atoms with Crippen LogP contribution < -0.4 is 10.6 Å². The van der Waals surface area contributed by atoms with E-state index in [-0.39, 0.29) is 5.91 Å². The second-order valence-electron chi connectivity index (χ2n) is 4.01. The Balaban J connectivity index is 1.75. The van der Waals surface area contributed by atoms with E-state index in [4.69, 9.17) is 12.2 Å². The number of carbonyl (C=O) groups excluding carboxylic acids is 1. The lowest BCUT2D eigenvalue weighted by molar-refractivity contribution is -0.115. The molecule has 0 radical (unpaired) electrons. The Morgan fingerprint density at radius 1 is 1.20 bits per heavy atom. The van der Waals surface area contributed by atoms with Gasteiger partial charge < -0.3 is 5.32 Å². The van der Waals surface area contributed by atoms with Crippen LogP contribution in [-0.2, 0) is 11.3 Å². The monoisotopic (exact) mass is 302 g/mol. The number of amides is 1. The first-order valence-electron chi connectivity index (χ1n) is 6.08. The van der Waals surface area contributed by atoms with Crippen LogP contribution in [0.1, 0.15) is 10.4 Å². The molecule has 0 fully saturated rings. The molecule has 0 aliphatic carbocycles. The number of rotatable bonds is 4. The summed E-state index contributed by atoms with van der Waals surface area (Å²) >= 11 is 6.65. The van der Waals surface area contributed by atoms with Crippen molar-refractivity contribution in [2.45, 2.75) is 6.54 Å². The van der Waals surface area contributed by atoms with Gasteiger partial charge in [0.25, 0.3) is 0 Å². The van der Waals surface area contributed by atoms with Crippen molar-refractivity contribution in [3.05, 3.63) is 64.4 Å². The molecule has 3 nitrogen and oxygen atoms in total. The zero-order chi connectivity index (χ0) is 14.2. The molecular formula is C15H14N2OS2. The number of nitrogens with one attached hydrogen (secondary N) is 2. The third-order valence-corrected chi connectivity index (χ3v) is 3.56. The van der Waals surface area contributed by atoms with Gasteiger partial charge in [-0.1, -0.05) is 36.4 Å². The van der Waals surface area contributed by atoms with Gasteiger partial charge in [-0.15, -0.1) is 11.3 Å². The Kier molecular flexibility index (Phi) is 5.46. The summed E-state index contributed by atoms with van der Waals surface area (Å²) in [6.07, 6.45) is 3.24. The van der Waals surface area contributed by atoms with Crippen molar-refractivity contribution in [1.29, 1.82) is 0 Å². The van der Waals surface area contributed by atoms with Crippen LogP contribution in [0.25, 0.3) is 6.08 Å². The molecule has 1 aromatic carbocycles. The highest BCUT2D eigenvalue weighted by Crippen LogP contribution is 2.09. The summed E-state index contributed by atoms with van der Waals surface area (Å²) in [5.74, 6) is -0.232. The van der Waals surface area contributed by atoms with Gasteiger partial charge in [0.05, 0.1) is 0 Å². The average Bonchev–Trinajstić information content (AvgIpc) is 2.97. The third kappa shape index (κ3) is 4.95. The fourth-order valence-corrected chi connectivity index (χ4v) is 2.31. The van der Waals surface area contributed by atoms with Gasteiger partial charge in [-0.05, 0) is 35.3 Å². The molecule has 0 bridgehead atoms. The van der Waals surface area contributed by atoms with E-state index in [2.05, 4.69) is 10.6 Å². The van der Waals surface area contributed by atoms with E-state index in [1.54, 1.807) is 17.4 Å². The molecule has 2 N–H and O–H groups in total. The molecule has 5 heteroatoms. The number of benzene rings is 1. The first-order chi connectivity index (χ1) is 9.74. The minimum atomic E-state index is -0.232. The average molecular weight is 302 g/mol. The Hall–Kier alpha value is -1.98. The first kappa shape index (κ1) is 14.4. The summed E-state index contributed by atoms with van der Waals surface area (Å²) in [6.45, 7) is 0.592. The molecular weight excluding hydrogens is 288 g/mol. The normalized spacial score (nSPS) is 10.4. The molecule has 0 saturated heterocycles. The number of hydrogen-bond donors (Lipinski definition) is 2. The molecule has 0 saturated carbocycles. The van der Waals surface area contributed by atoms with Crippen LogP contribution in [0.5, 0.6) is 0 Å². The molecule has 102 valence electrons. The highest BCUT2D eigenvalue weighted by atomic mass is 32.1. The van der Waals surface area contributed by atoms with Crippen molar-refractivity contribution >= 4 is 40.7 Å².